The molecule has 2 heterocycles. The minimum Gasteiger partial charge on any atom is -0.312 e. The Bertz CT molecular complexity index is 589. The summed E-state index contributed by atoms with van der Waals surface area (Å²) < 4.78 is 3.21. The summed E-state index contributed by atoms with van der Waals surface area (Å²) in [6, 6.07) is 2.02. The normalized spacial score (nSPS) is 17.3. The molecule has 1 fully saturated rings. The first-order valence-corrected chi connectivity index (χ1v) is 7.51. The van der Waals surface area contributed by atoms with Gasteiger partial charge in [-0.3, -0.25) is 0 Å². The maximum absolute atomic E-state index is 5.87. The van der Waals surface area contributed by atoms with E-state index >= 15 is 0 Å². The zero-order valence-electron chi connectivity index (χ0n) is 10.3. The number of pyridine rings is 1. The average molecular weight is 329 g/mol. The van der Waals surface area contributed by atoms with E-state index in [0.717, 1.165) is 34.4 Å². The van der Waals surface area contributed by atoms with Gasteiger partial charge < -0.3 is 4.57 Å². The monoisotopic (exact) mass is 327 g/mol. The molecule has 2 aromatic heterocycles. The average Bonchev–Trinajstić information content (AvgIpc) is 2.96. The molecule has 0 saturated heterocycles. The third-order valence-electron chi connectivity index (χ3n) is 3.59. The van der Waals surface area contributed by atoms with Crippen molar-refractivity contribution in [2.75, 3.05) is 5.88 Å². The van der Waals surface area contributed by atoms with Gasteiger partial charge in [0.15, 0.2) is 5.65 Å². The first-order valence-electron chi connectivity index (χ1n) is 6.18. The van der Waals surface area contributed by atoms with Crippen molar-refractivity contribution in [1.29, 1.82) is 0 Å². The zero-order valence-corrected chi connectivity index (χ0v) is 12.6. The van der Waals surface area contributed by atoms with Crippen LogP contribution in [0, 0.1) is 5.41 Å². The molecule has 0 unspecified atom stereocenters. The molecule has 18 heavy (non-hydrogen) atoms. The zero-order chi connectivity index (χ0) is 12.8. The van der Waals surface area contributed by atoms with Gasteiger partial charge in [0.1, 0.15) is 11.3 Å². The van der Waals surface area contributed by atoms with Gasteiger partial charge in [0.2, 0.25) is 0 Å². The molecule has 1 saturated carbocycles. The highest BCUT2D eigenvalue weighted by Crippen LogP contribution is 2.47. The molecule has 96 valence electrons. The second kappa shape index (κ2) is 4.49. The number of rotatable bonds is 4. The number of halogens is 2. The molecule has 0 bridgehead atoms. The molecule has 0 N–H and O–H groups in total. The summed E-state index contributed by atoms with van der Waals surface area (Å²) in [5.74, 6) is 1.65. The Kier molecular flexibility index (Phi) is 3.10. The molecule has 1 aliphatic carbocycles. The van der Waals surface area contributed by atoms with Crippen molar-refractivity contribution >= 4 is 38.7 Å². The first kappa shape index (κ1) is 12.4. The molecular formula is C13H15BrClN3. The van der Waals surface area contributed by atoms with Crippen LogP contribution in [0.25, 0.3) is 11.2 Å². The van der Waals surface area contributed by atoms with Crippen LogP contribution in [-0.2, 0) is 13.0 Å². The van der Waals surface area contributed by atoms with Crippen LogP contribution in [0.1, 0.15) is 25.6 Å². The number of aromatic nitrogens is 3. The van der Waals surface area contributed by atoms with Gasteiger partial charge in [-0.15, -0.1) is 11.6 Å². The Morgan fingerprint density at radius 3 is 2.94 bits per heavy atom. The fraction of sp³-hybridized carbons (Fsp3) is 0.538. The summed E-state index contributed by atoms with van der Waals surface area (Å²) in [7, 11) is 0. The Morgan fingerprint density at radius 1 is 1.50 bits per heavy atom. The first-order chi connectivity index (χ1) is 8.61. The van der Waals surface area contributed by atoms with E-state index in [-0.39, 0.29) is 0 Å². The Labute approximate surface area is 120 Å². The maximum Gasteiger partial charge on any atom is 0.160 e. The third kappa shape index (κ3) is 2.28. The summed E-state index contributed by atoms with van der Waals surface area (Å²) in [5, 5.41) is 0. The van der Waals surface area contributed by atoms with Gasteiger partial charge in [-0.25, -0.2) is 9.97 Å². The van der Waals surface area contributed by atoms with E-state index in [0.29, 0.717) is 11.3 Å². The van der Waals surface area contributed by atoms with Crippen LogP contribution < -0.4 is 0 Å². The van der Waals surface area contributed by atoms with Crippen LogP contribution in [0.15, 0.2) is 16.7 Å². The summed E-state index contributed by atoms with van der Waals surface area (Å²) in [6.45, 7) is 3.33. The fourth-order valence-corrected chi connectivity index (χ4v) is 2.72. The van der Waals surface area contributed by atoms with Crippen molar-refractivity contribution in [1.82, 2.24) is 14.5 Å². The molecule has 1 aliphatic rings. The highest BCUT2D eigenvalue weighted by molar-refractivity contribution is 9.10. The number of hydrogen-bond acceptors (Lipinski definition) is 2. The highest BCUT2D eigenvalue weighted by atomic mass is 79.9. The summed E-state index contributed by atoms with van der Waals surface area (Å²) in [6.07, 6.45) is 5.22. The maximum atomic E-state index is 5.87. The van der Waals surface area contributed by atoms with Gasteiger partial charge in [0.05, 0.1) is 0 Å². The van der Waals surface area contributed by atoms with Gasteiger partial charge in [-0.05, 0) is 40.3 Å². The Morgan fingerprint density at radius 2 is 2.28 bits per heavy atom. The highest BCUT2D eigenvalue weighted by Gasteiger charge is 2.38. The van der Waals surface area contributed by atoms with E-state index in [4.69, 9.17) is 11.6 Å². The van der Waals surface area contributed by atoms with E-state index in [1.165, 1.54) is 12.8 Å². The Balaban J connectivity index is 2.09. The molecular weight excluding hydrogens is 314 g/mol. The number of alkyl halides is 1. The van der Waals surface area contributed by atoms with Gasteiger partial charge >= 0.3 is 0 Å². The molecule has 3 rings (SSSR count). The van der Waals surface area contributed by atoms with Crippen molar-refractivity contribution < 1.29 is 0 Å². The van der Waals surface area contributed by atoms with Crippen LogP contribution in [0.2, 0.25) is 0 Å². The molecule has 5 heteroatoms. The van der Waals surface area contributed by atoms with Crippen LogP contribution in [-0.4, -0.2) is 20.4 Å². The lowest BCUT2D eigenvalue weighted by molar-refractivity contribution is 0.460. The van der Waals surface area contributed by atoms with Gasteiger partial charge in [-0.2, -0.15) is 0 Å². The van der Waals surface area contributed by atoms with Crippen molar-refractivity contribution in [3.63, 3.8) is 0 Å². The van der Waals surface area contributed by atoms with Crippen LogP contribution in [0.3, 0.4) is 0 Å². The molecule has 0 aromatic carbocycles. The largest absolute Gasteiger partial charge is 0.312 e. The van der Waals surface area contributed by atoms with Crippen molar-refractivity contribution in [3.8, 4) is 0 Å². The number of nitrogens with zero attached hydrogens (tertiary/aromatic N) is 3. The standard InChI is InChI=1S/C13H15BrClN3/c1-13(3-4-13)8-18-11(2-5-15)17-10-6-9(14)7-16-12(10)18/h6-7H,2-5,8H2,1H3. The quantitative estimate of drug-likeness (QED) is 0.800. The van der Waals surface area contributed by atoms with E-state index in [1.807, 2.05) is 12.3 Å². The minimum absolute atomic E-state index is 0.434. The molecule has 0 atom stereocenters. The Hall–Kier alpha value is -0.610. The van der Waals surface area contributed by atoms with Gasteiger partial charge in [-0.1, -0.05) is 6.92 Å². The molecule has 3 nitrogen and oxygen atoms in total. The van der Waals surface area contributed by atoms with Crippen LogP contribution in [0.4, 0.5) is 0 Å². The summed E-state index contributed by atoms with van der Waals surface area (Å²) in [5.41, 5.74) is 2.36. The fourth-order valence-electron chi connectivity index (χ4n) is 2.23. The molecule has 0 aliphatic heterocycles. The number of fused-ring (bicyclic) bond motifs is 1. The van der Waals surface area contributed by atoms with Crippen molar-refractivity contribution in [3.05, 3.63) is 22.6 Å². The smallest absolute Gasteiger partial charge is 0.160 e. The van der Waals surface area contributed by atoms with Crippen molar-refractivity contribution in [2.24, 2.45) is 5.41 Å². The second-order valence-electron chi connectivity index (χ2n) is 5.36. The van der Waals surface area contributed by atoms with Gasteiger partial charge in [0, 0.05) is 29.5 Å². The predicted molar refractivity (Wildman–Crippen MR) is 77.0 cm³/mol. The molecule has 0 spiro atoms. The van der Waals surface area contributed by atoms with E-state index in [2.05, 4.69) is 37.4 Å². The lowest BCUT2D eigenvalue weighted by atomic mass is 10.1. The van der Waals surface area contributed by atoms with E-state index in [9.17, 15) is 0 Å². The summed E-state index contributed by atoms with van der Waals surface area (Å²) >= 11 is 9.31. The predicted octanol–water partition coefficient (Wildman–Crippen LogP) is 3.78. The number of imidazole rings is 1. The number of aryl methyl sites for hydroxylation is 1. The molecule has 0 radical (unpaired) electrons. The lowest BCUT2D eigenvalue weighted by Gasteiger charge is -2.12. The van der Waals surface area contributed by atoms with E-state index in [1.54, 1.807) is 0 Å². The van der Waals surface area contributed by atoms with E-state index < -0.39 is 0 Å². The molecule has 0 amide bonds. The lowest BCUT2D eigenvalue weighted by Crippen LogP contribution is -2.12. The SMILES string of the molecule is CC1(Cn2c(CCCl)nc3cc(Br)cnc32)CC1. The van der Waals surface area contributed by atoms with Gasteiger partial charge in [0.25, 0.3) is 0 Å². The third-order valence-corrected chi connectivity index (χ3v) is 4.21. The van der Waals surface area contributed by atoms with Crippen LogP contribution >= 0.6 is 27.5 Å². The molecule has 2 aromatic rings. The number of hydrogen-bond donors (Lipinski definition) is 0. The van der Waals surface area contributed by atoms with Crippen molar-refractivity contribution in [2.45, 2.75) is 32.7 Å². The minimum atomic E-state index is 0.434. The topological polar surface area (TPSA) is 30.7 Å². The summed E-state index contributed by atoms with van der Waals surface area (Å²) in [4.78, 5) is 9.17. The van der Waals surface area contributed by atoms with Crippen LogP contribution in [0.5, 0.6) is 0 Å². The second-order valence-corrected chi connectivity index (χ2v) is 6.65.